The van der Waals surface area contributed by atoms with Crippen LogP contribution in [0.5, 0.6) is 0 Å². The van der Waals surface area contributed by atoms with E-state index in [-0.39, 0.29) is 4.87 Å². The topological polar surface area (TPSA) is 64.2 Å². The fourth-order valence-electron chi connectivity index (χ4n) is 2.50. The van der Waals surface area contributed by atoms with Gasteiger partial charge in [-0.15, -0.1) is 0 Å². The number of fused-ring (bicyclic) bond motifs is 1. The molecule has 0 N–H and O–H groups in total. The lowest BCUT2D eigenvalue weighted by Crippen LogP contribution is -2.20. The smallest absolute Gasteiger partial charge is 0.308 e. The molecule has 0 aliphatic heterocycles. The quantitative estimate of drug-likeness (QED) is 0.859. The molecule has 0 amide bonds. The molecule has 2 heterocycles. The van der Waals surface area contributed by atoms with Gasteiger partial charge >= 0.3 is 4.87 Å². The molecule has 0 saturated carbocycles. The number of thiazole rings is 1. The van der Waals surface area contributed by atoms with Gasteiger partial charge in [-0.2, -0.15) is 4.98 Å². The van der Waals surface area contributed by atoms with Gasteiger partial charge in [-0.05, 0) is 30.3 Å². The second kappa shape index (κ2) is 5.05. The molecule has 1 aliphatic carbocycles. The Labute approximate surface area is 121 Å². The van der Waals surface area contributed by atoms with Crippen molar-refractivity contribution in [3.63, 3.8) is 0 Å². The zero-order valence-corrected chi connectivity index (χ0v) is 12.7. The van der Waals surface area contributed by atoms with Crippen LogP contribution in [0.15, 0.2) is 9.32 Å². The van der Waals surface area contributed by atoms with Crippen LogP contribution in [0.3, 0.4) is 0 Å². The summed E-state index contributed by atoms with van der Waals surface area (Å²) in [6.07, 6.45) is 3.11. The van der Waals surface area contributed by atoms with Crippen molar-refractivity contribution >= 4 is 17.3 Å². The standard InChI is InChI=1S/C13H18N4O2S/c1-8-4-5-9-10(6-8)20-13(18)17(9)7-11-14-12(15-19-11)16(2)3/h8H,4-7H2,1-3H3. The van der Waals surface area contributed by atoms with E-state index in [2.05, 4.69) is 17.1 Å². The zero-order chi connectivity index (χ0) is 14.3. The maximum absolute atomic E-state index is 12.1. The molecule has 108 valence electrons. The minimum atomic E-state index is 0.0775. The van der Waals surface area contributed by atoms with Crippen molar-refractivity contribution in [1.29, 1.82) is 0 Å². The first-order valence-electron chi connectivity index (χ1n) is 6.76. The van der Waals surface area contributed by atoms with Gasteiger partial charge in [0.15, 0.2) is 0 Å². The Kier molecular flexibility index (Phi) is 3.37. The van der Waals surface area contributed by atoms with Crippen LogP contribution < -0.4 is 9.77 Å². The Hall–Kier alpha value is -1.63. The molecule has 0 saturated heterocycles. The van der Waals surface area contributed by atoms with Crippen LogP contribution in [0.2, 0.25) is 0 Å². The largest absolute Gasteiger partial charge is 0.344 e. The molecule has 2 aromatic heterocycles. The van der Waals surface area contributed by atoms with E-state index < -0.39 is 0 Å². The van der Waals surface area contributed by atoms with Crippen molar-refractivity contribution in [2.45, 2.75) is 32.7 Å². The van der Waals surface area contributed by atoms with Crippen LogP contribution in [0, 0.1) is 5.92 Å². The predicted octanol–water partition coefficient (Wildman–Crippen LogP) is 1.53. The molecule has 0 bridgehead atoms. The highest BCUT2D eigenvalue weighted by atomic mass is 32.1. The lowest BCUT2D eigenvalue weighted by molar-refractivity contribution is 0.366. The summed E-state index contributed by atoms with van der Waals surface area (Å²) in [6.45, 7) is 2.61. The van der Waals surface area contributed by atoms with E-state index in [4.69, 9.17) is 4.52 Å². The summed E-state index contributed by atoms with van der Waals surface area (Å²) < 4.78 is 7.00. The van der Waals surface area contributed by atoms with E-state index in [1.807, 2.05) is 14.1 Å². The molecular weight excluding hydrogens is 276 g/mol. The minimum Gasteiger partial charge on any atom is -0.344 e. The SMILES string of the molecule is CC1CCc2c(sc(=O)n2Cc2nc(N(C)C)no2)C1. The molecule has 0 fully saturated rings. The molecule has 3 rings (SSSR count). The van der Waals surface area contributed by atoms with Gasteiger partial charge in [0.05, 0.1) is 0 Å². The molecule has 0 radical (unpaired) electrons. The minimum absolute atomic E-state index is 0.0775. The van der Waals surface area contributed by atoms with Gasteiger partial charge in [0.1, 0.15) is 6.54 Å². The maximum atomic E-state index is 12.1. The van der Waals surface area contributed by atoms with E-state index in [1.165, 1.54) is 16.2 Å². The van der Waals surface area contributed by atoms with Gasteiger partial charge in [0.25, 0.3) is 5.95 Å². The Morgan fingerprint density at radius 3 is 3.00 bits per heavy atom. The van der Waals surface area contributed by atoms with Crippen molar-refractivity contribution in [2.75, 3.05) is 19.0 Å². The van der Waals surface area contributed by atoms with Crippen molar-refractivity contribution < 1.29 is 4.52 Å². The highest BCUT2D eigenvalue weighted by Crippen LogP contribution is 2.27. The predicted molar refractivity (Wildman–Crippen MR) is 77.5 cm³/mol. The third-order valence-corrected chi connectivity index (χ3v) is 4.68. The molecule has 7 heteroatoms. The van der Waals surface area contributed by atoms with E-state index in [9.17, 15) is 4.79 Å². The first-order chi connectivity index (χ1) is 9.54. The lowest BCUT2D eigenvalue weighted by Gasteiger charge is -2.18. The normalized spacial score (nSPS) is 18.1. The van der Waals surface area contributed by atoms with Gasteiger partial charge in [0, 0.05) is 24.7 Å². The fraction of sp³-hybridized carbons (Fsp3) is 0.615. The van der Waals surface area contributed by atoms with Gasteiger partial charge in [-0.3, -0.25) is 9.36 Å². The highest BCUT2D eigenvalue weighted by Gasteiger charge is 2.23. The molecule has 1 unspecified atom stereocenters. The molecule has 1 atom stereocenters. The highest BCUT2D eigenvalue weighted by molar-refractivity contribution is 7.09. The Morgan fingerprint density at radius 2 is 2.30 bits per heavy atom. The van der Waals surface area contributed by atoms with Crippen LogP contribution in [0.25, 0.3) is 0 Å². The van der Waals surface area contributed by atoms with Gasteiger partial charge in [0.2, 0.25) is 5.89 Å². The maximum Gasteiger partial charge on any atom is 0.308 e. The van der Waals surface area contributed by atoms with Crippen molar-refractivity contribution in [2.24, 2.45) is 5.92 Å². The van der Waals surface area contributed by atoms with Gasteiger partial charge in [-0.25, -0.2) is 0 Å². The molecule has 2 aromatic rings. The third-order valence-electron chi connectivity index (χ3n) is 3.64. The fourth-order valence-corrected chi connectivity index (χ4v) is 3.70. The summed E-state index contributed by atoms with van der Waals surface area (Å²) >= 11 is 1.36. The Bertz CT molecular complexity index is 670. The van der Waals surface area contributed by atoms with Crippen molar-refractivity contribution in [3.05, 3.63) is 26.1 Å². The Balaban J connectivity index is 1.89. The number of rotatable bonds is 3. The average Bonchev–Trinajstić information content (AvgIpc) is 2.96. The lowest BCUT2D eigenvalue weighted by atomic mass is 9.93. The second-order valence-corrected chi connectivity index (χ2v) is 6.60. The number of hydrogen-bond acceptors (Lipinski definition) is 6. The molecular formula is C13H18N4O2S. The number of hydrogen-bond donors (Lipinski definition) is 0. The molecule has 1 aliphatic rings. The summed E-state index contributed by atoms with van der Waals surface area (Å²) in [4.78, 5) is 19.5. The van der Waals surface area contributed by atoms with Gasteiger partial charge in [-0.1, -0.05) is 18.3 Å². The van der Waals surface area contributed by atoms with Crippen molar-refractivity contribution in [3.8, 4) is 0 Å². The first kappa shape index (κ1) is 13.4. The summed E-state index contributed by atoms with van der Waals surface area (Å²) in [5.41, 5.74) is 1.16. The van der Waals surface area contributed by atoms with Crippen molar-refractivity contribution in [1.82, 2.24) is 14.7 Å². The molecule has 0 spiro atoms. The Morgan fingerprint density at radius 1 is 1.50 bits per heavy atom. The number of aromatic nitrogens is 3. The summed E-state index contributed by atoms with van der Waals surface area (Å²) in [7, 11) is 3.71. The van der Waals surface area contributed by atoms with Crippen LogP contribution in [0.1, 0.15) is 29.8 Å². The average molecular weight is 294 g/mol. The van der Waals surface area contributed by atoms with E-state index in [1.54, 1.807) is 9.47 Å². The zero-order valence-electron chi connectivity index (χ0n) is 11.9. The summed E-state index contributed by atoms with van der Waals surface area (Å²) in [5.74, 6) is 1.68. The second-order valence-electron chi connectivity index (χ2n) is 5.55. The van der Waals surface area contributed by atoms with Crippen LogP contribution in [-0.4, -0.2) is 28.8 Å². The van der Waals surface area contributed by atoms with E-state index in [0.717, 1.165) is 25.0 Å². The van der Waals surface area contributed by atoms with Crippen LogP contribution in [0.4, 0.5) is 5.95 Å². The molecule has 20 heavy (non-hydrogen) atoms. The van der Waals surface area contributed by atoms with Gasteiger partial charge < -0.3 is 9.42 Å². The third kappa shape index (κ3) is 2.37. The molecule has 0 aromatic carbocycles. The monoisotopic (exact) mass is 294 g/mol. The summed E-state index contributed by atoms with van der Waals surface area (Å²) in [6, 6.07) is 0. The number of anilines is 1. The molecule has 6 nitrogen and oxygen atoms in total. The van der Waals surface area contributed by atoms with E-state index in [0.29, 0.717) is 24.3 Å². The first-order valence-corrected chi connectivity index (χ1v) is 7.57. The number of nitrogens with zero attached hydrogens (tertiary/aromatic N) is 4. The summed E-state index contributed by atoms with van der Waals surface area (Å²) in [5, 5.41) is 3.88. The van der Waals surface area contributed by atoms with Crippen LogP contribution >= 0.6 is 11.3 Å². The van der Waals surface area contributed by atoms with Crippen LogP contribution in [-0.2, 0) is 19.4 Å². The van der Waals surface area contributed by atoms with E-state index >= 15 is 0 Å².